The number of carbonyl (C=O) groups is 2. The van der Waals surface area contributed by atoms with Gasteiger partial charge in [0, 0.05) is 63.1 Å². The van der Waals surface area contributed by atoms with Crippen LogP contribution >= 0.6 is 0 Å². The molecule has 1 saturated heterocycles. The molecule has 2 aliphatic rings. The molecule has 2 amide bonds. The van der Waals surface area contributed by atoms with Gasteiger partial charge in [-0.15, -0.1) is 0 Å². The van der Waals surface area contributed by atoms with E-state index < -0.39 is 23.6 Å². The van der Waals surface area contributed by atoms with E-state index in [0.29, 0.717) is 37.8 Å². The maximum atomic E-state index is 14.0. The van der Waals surface area contributed by atoms with E-state index in [1.54, 1.807) is 12.1 Å². The van der Waals surface area contributed by atoms with E-state index in [0.717, 1.165) is 30.3 Å². The largest absolute Gasteiger partial charge is 0.416 e. The van der Waals surface area contributed by atoms with Crippen LogP contribution in [-0.2, 0) is 24.1 Å². The minimum atomic E-state index is -4.54. The van der Waals surface area contributed by atoms with Crippen LogP contribution in [0.5, 0.6) is 0 Å². The molecule has 0 aromatic heterocycles. The molecular weight excluding hydrogens is 495 g/mol. The standard InChI is InChI=1S/C28H36F3N5O2/c1-18(2)36-10-8-34(9-11-36)15-21-4-6-23(13-25(21)28(29,30)31)33-27(38)20-5-7-24-19(3)14-35(17-26(32)37)16-22(24)12-20/h4-7,12-13,18-19H,8-11,14-17H2,1-3H3,(H2,32,37)(H,33,38)/t19-/m0/s1. The zero-order valence-electron chi connectivity index (χ0n) is 22.1. The summed E-state index contributed by atoms with van der Waals surface area (Å²) in [6, 6.07) is 9.73. The summed E-state index contributed by atoms with van der Waals surface area (Å²) in [6.07, 6.45) is -4.54. The number of primary amides is 1. The number of benzene rings is 2. The van der Waals surface area contributed by atoms with Crippen LogP contribution < -0.4 is 11.1 Å². The normalized spacial score (nSPS) is 19.4. The molecule has 2 heterocycles. The molecule has 206 valence electrons. The average Bonchev–Trinajstić information content (AvgIpc) is 2.84. The Morgan fingerprint density at radius 1 is 1.05 bits per heavy atom. The number of halogens is 3. The molecule has 1 fully saturated rings. The van der Waals surface area contributed by atoms with Crippen molar-refractivity contribution in [2.45, 2.75) is 52.0 Å². The van der Waals surface area contributed by atoms with Gasteiger partial charge in [-0.3, -0.25) is 24.3 Å². The lowest BCUT2D eigenvalue weighted by molar-refractivity contribution is -0.138. The van der Waals surface area contributed by atoms with Crippen molar-refractivity contribution in [3.8, 4) is 0 Å². The maximum absolute atomic E-state index is 14.0. The van der Waals surface area contributed by atoms with Crippen LogP contribution in [0.2, 0.25) is 0 Å². The fraction of sp³-hybridized carbons (Fsp3) is 0.500. The highest BCUT2D eigenvalue weighted by atomic mass is 19.4. The van der Waals surface area contributed by atoms with E-state index >= 15 is 0 Å². The highest BCUT2D eigenvalue weighted by Crippen LogP contribution is 2.35. The van der Waals surface area contributed by atoms with Crippen LogP contribution in [0, 0.1) is 0 Å². The first-order valence-electron chi connectivity index (χ1n) is 13.0. The van der Waals surface area contributed by atoms with Crippen LogP contribution in [0.1, 0.15) is 59.3 Å². The quantitative estimate of drug-likeness (QED) is 0.567. The number of anilines is 1. The van der Waals surface area contributed by atoms with Crippen LogP contribution in [0.3, 0.4) is 0 Å². The van der Waals surface area contributed by atoms with Gasteiger partial charge >= 0.3 is 6.18 Å². The number of nitrogens with two attached hydrogens (primary N) is 1. The van der Waals surface area contributed by atoms with Crippen molar-refractivity contribution in [2.75, 3.05) is 44.6 Å². The number of nitrogens with one attached hydrogen (secondary N) is 1. The summed E-state index contributed by atoms with van der Waals surface area (Å²) < 4.78 is 42.0. The fourth-order valence-electron chi connectivity index (χ4n) is 5.43. The third-order valence-electron chi connectivity index (χ3n) is 7.45. The number of carbonyl (C=O) groups excluding carboxylic acids is 2. The number of amides is 2. The van der Waals surface area contributed by atoms with E-state index in [9.17, 15) is 22.8 Å². The topological polar surface area (TPSA) is 81.9 Å². The third kappa shape index (κ3) is 6.73. The van der Waals surface area contributed by atoms with Gasteiger partial charge in [0.2, 0.25) is 5.91 Å². The van der Waals surface area contributed by atoms with Gasteiger partial charge in [0.1, 0.15) is 0 Å². The molecule has 2 aromatic carbocycles. The Morgan fingerprint density at radius 2 is 1.76 bits per heavy atom. The van der Waals surface area contributed by atoms with Gasteiger partial charge in [-0.1, -0.05) is 19.1 Å². The number of fused-ring (bicyclic) bond motifs is 1. The van der Waals surface area contributed by atoms with Crippen molar-refractivity contribution in [1.82, 2.24) is 14.7 Å². The molecule has 0 radical (unpaired) electrons. The molecule has 1 atom stereocenters. The predicted octanol–water partition coefficient (Wildman–Crippen LogP) is 3.89. The molecular formula is C28H36F3N5O2. The summed E-state index contributed by atoms with van der Waals surface area (Å²) in [5.41, 5.74) is 7.24. The first kappa shape index (κ1) is 28.1. The van der Waals surface area contributed by atoms with Gasteiger partial charge in [-0.25, -0.2) is 0 Å². The van der Waals surface area contributed by atoms with E-state index in [4.69, 9.17) is 5.73 Å². The maximum Gasteiger partial charge on any atom is 0.416 e. The molecule has 0 saturated carbocycles. The third-order valence-corrected chi connectivity index (χ3v) is 7.45. The van der Waals surface area contributed by atoms with Gasteiger partial charge in [0.05, 0.1) is 12.1 Å². The van der Waals surface area contributed by atoms with Crippen LogP contribution in [0.25, 0.3) is 0 Å². The monoisotopic (exact) mass is 531 g/mol. The lowest BCUT2D eigenvalue weighted by Gasteiger charge is -2.37. The number of rotatable bonds is 7. The highest BCUT2D eigenvalue weighted by molar-refractivity contribution is 6.04. The smallest absolute Gasteiger partial charge is 0.369 e. The Kier molecular flexibility index (Phi) is 8.44. The number of piperazine rings is 1. The zero-order chi connectivity index (χ0) is 27.6. The van der Waals surface area contributed by atoms with Crippen molar-refractivity contribution in [3.63, 3.8) is 0 Å². The number of hydrogen-bond acceptors (Lipinski definition) is 5. The molecule has 10 heteroatoms. The minimum Gasteiger partial charge on any atom is -0.369 e. The van der Waals surface area contributed by atoms with E-state index in [2.05, 4.69) is 24.1 Å². The SMILES string of the molecule is CC(C)N1CCN(Cc2ccc(NC(=O)c3ccc4c(c3)CN(CC(N)=O)C[C@@H]4C)cc2C(F)(F)F)CC1. The Hall–Kier alpha value is -2.95. The highest BCUT2D eigenvalue weighted by Gasteiger charge is 2.34. The van der Waals surface area contributed by atoms with Crippen molar-refractivity contribution in [1.29, 1.82) is 0 Å². The first-order valence-corrected chi connectivity index (χ1v) is 13.0. The van der Waals surface area contributed by atoms with Crippen molar-refractivity contribution in [3.05, 3.63) is 64.2 Å². The molecule has 0 bridgehead atoms. The second kappa shape index (κ2) is 11.4. The molecule has 2 aromatic rings. The molecule has 0 spiro atoms. The van der Waals surface area contributed by atoms with E-state index in [1.807, 2.05) is 22.8 Å². The lowest BCUT2D eigenvalue weighted by Crippen LogP contribution is -2.48. The molecule has 0 unspecified atom stereocenters. The molecule has 7 nitrogen and oxygen atoms in total. The van der Waals surface area contributed by atoms with E-state index in [1.165, 1.54) is 12.1 Å². The summed E-state index contributed by atoms with van der Waals surface area (Å²) in [5.74, 6) is -0.750. The number of alkyl halides is 3. The van der Waals surface area contributed by atoms with Crippen molar-refractivity contribution < 1.29 is 22.8 Å². The minimum absolute atomic E-state index is 0.0946. The first-order chi connectivity index (χ1) is 17.9. The Bertz CT molecular complexity index is 1180. The number of nitrogens with zero attached hydrogens (tertiary/aromatic N) is 3. The van der Waals surface area contributed by atoms with Crippen molar-refractivity contribution in [2.24, 2.45) is 5.73 Å². The van der Waals surface area contributed by atoms with Gasteiger partial charge in [0.15, 0.2) is 0 Å². The van der Waals surface area contributed by atoms with Gasteiger partial charge < -0.3 is 11.1 Å². The average molecular weight is 532 g/mol. The second-order valence-electron chi connectivity index (χ2n) is 10.7. The van der Waals surface area contributed by atoms with Gasteiger partial charge in [-0.05, 0) is 60.7 Å². The second-order valence-corrected chi connectivity index (χ2v) is 10.7. The summed E-state index contributed by atoms with van der Waals surface area (Å²) in [6.45, 7) is 10.8. The summed E-state index contributed by atoms with van der Waals surface area (Å²) >= 11 is 0. The Morgan fingerprint density at radius 3 is 2.39 bits per heavy atom. The van der Waals surface area contributed by atoms with Crippen molar-refractivity contribution >= 4 is 17.5 Å². The molecule has 3 N–H and O–H groups in total. The van der Waals surface area contributed by atoms with E-state index in [-0.39, 0.29) is 30.3 Å². The predicted molar refractivity (Wildman–Crippen MR) is 141 cm³/mol. The molecule has 38 heavy (non-hydrogen) atoms. The van der Waals surface area contributed by atoms with Crippen LogP contribution in [0.15, 0.2) is 36.4 Å². The van der Waals surface area contributed by atoms with Gasteiger partial charge in [-0.2, -0.15) is 13.2 Å². The van der Waals surface area contributed by atoms with Gasteiger partial charge in [0.25, 0.3) is 5.91 Å². The molecule has 2 aliphatic heterocycles. The lowest BCUT2D eigenvalue weighted by atomic mass is 9.89. The number of hydrogen-bond donors (Lipinski definition) is 2. The summed E-state index contributed by atoms with van der Waals surface area (Å²) in [4.78, 5) is 30.6. The van der Waals surface area contributed by atoms with Crippen LogP contribution in [0.4, 0.5) is 18.9 Å². The Balaban J connectivity index is 1.48. The Labute approximate surface area is 221 Å². The molecule has 4 rings (SSSR count). The molecule has 0 aliphatic carbocycles. The zero-order valence-corrected chi connectivity index (χ0v) is 22.1. The van der Waals surface area contributed by atoms with Crippen LogP contribution in [-0.4, -0.2) is 71.8 Å². The summed E-state index contributed by atoms with van der Waals surface area (Å²) in [5, 5.41) is 2.63. The summed E-state index contributed by atoms with van der Waals surface area (Å²) in [7, 11) is 0. The fourth-order valence-corrected chi connectivity index (χ4v) is 5.43.